The fourth-order valence-corrected chi connectivity index (χ4v) is 4.39. The van der Waals surface area contributed by atoms with E-state index >= 15 is 0 Å². The molecule has 1 atom stereocenters. The Morgan fingerprint density at radius 1 is 1.21 bits per heavy atom. The highest BCUT2D eigenvalue weighted by atomic mass is 16.5. The SMILES string of the molecule is COc1ccc(-c2nc([C@@H]3CCCN(Cc4cccc(OC(C)C)c4)C3)[nH]c2C(N)=O)cc1. The van der Waals surface area contributed by atoms with Gasteiger partial charge in [0.1, 0.15) is 28.7 Å². The summed E-state index contributed by atoms with van der Waals surface area (Å²) in [5.74, 6) is 2.17. The van der Waals surface area contributed by atoms with Crippen LogP contribution in [0, 0.1) is 0 Å². The summed E-state index contributed by atoms with van der Waals surface area (Å²) in [6.45, 7) is 6.81. The number of nitrogens with two attached hydrogens (primary N) is 1. The van der Waals surface area contributed by atoms with Crippen LogP contribution in [0.1, 0.15) is 54.5 Å². The number of aromatic nitrogens is 2. The van der Waals surface area contributed by atoms with E-state index in [1.54, 1.807) is 7.11 Å². The van der Waals surface area contributed by atoms with Crippen LogP contribution in [0.15, 0.2) is 48.5 Å². The highest BCUT2D eigenvalue weighted by Crippen LogP contribution is 2.31. The molecule has 0 unspecified atom stereocenters. The number of hydrogen-bond acceptors (Lipinski definition) is 5. The van der Waals surface area contributed by atoms with Crippen molar-refractivity contribution < 1.29 is 14.3 Å². The van der Waals surface area contributed by atoms with Gasteiger partial charge in [-0.05, 0) is 75.2 Å². The minimum Gasteiger partial charge on any atom is -0.497 e. The van der Waals surface area contributed by atoms with Crippen molar-refractivity contribution in [3.63, 3.8) is 0 Å². The minimum absolute atomic E-state index is 0.151. The molecule has 1 aliphatic rings. The molecule has 1 amide bonds. The predicted molar refractivity (Wildman–Crippen MR) is 129 cm³/mol. The fourth-order valence-electron chi connectivity index (χ4n) is 4.39. The van der Waals surface area contributed by atoms with Crippen LogP contribution in [0.3, 0.4) is 0 Å². The van der Waals surface area contributed by atoms with Crippen molar-refractivity contribution >= 4 is 5.91 Å². The van der Waals surface area contributed by atoms with Crippen molar-refractivity contribution in [1.29, 1.82) is 0 Å². The molecule has 3 aromatic rings. The molecule has 0 saturated carbocycles. The first-order valence-corrected chi connectivity index (χ1v) is 11.4. The lowest BCUT2D eigenvalue weighted by molar-refractivity contribution is 0.0996. The van der Waals surface area contributed by atoms with E-state index in [9.17, 15) is 4.79 Å². The van der Waals surface area contributed by atoms with Gasteiger partial charge in [-0.15, -0.1) is 0 Å². The Bertz CT molecular complexity index is 1090. The second-order valence-corrected chi connectivity index (χ2v) is 8.83. The predicted octanol–water partition coefficient (Wildman–Crippen LogP) is 4.35. The molecule has 0 radical (unpaired) electrons. The number of carbonyl (C=O) groups excluding carboxylic acids is 1. The zero-order chi connectivity index (χ0) is 23.4. The first-order chi connectivity index (χ1) is 15.9. The van der Waals surface area contributed by atoms with Crippen LogP contribution >= 0.6 is 0 Å². The van der Waals surface area contributed by atoms with E-state index in [2.05, 4.69) is 22.0 Å². The number of piperidine rings is 1. The molecule has 2 aromatic carbocycles. The van der Waals surface area contributed by atoms with E-state index < -0.39 is 5.91 Å². The summed E-state index contributed by atoms with van der Waals surface area (Å²) in [5.41, 5.74) is 8.68. The van der Waals surface area contributed by atoms with E-state index in [1.807, 2.05) is 50.2 Å². The van der Waals surface area contributed by atoms with Gasteiger partial charge >= 0.3 is 0 Å². The second-order valence-electron chi connectivity index (χ2n) is 8.83. The van der Waals surface area contributed by atoms with Crippen molar-refractivity contribution in [2.45, 2.75) is 45.3 Å². The smallest absolute Gasteiger partial charge is 0.267 e. The third kappa shape index (κ3) is 5.54. The Kier molecular flexibility index (Phi) is 6.99. The van der Waals surface area contributed by atoms with Gasteiger partial charge < -0.3 is 20.2 Å². The molecular formula is C26H32N4O3. The number of rotatable bonds is 8. The molecule has 3 N–H and O–H groups in total. The Morgan fingerprint density at radius 3 is 2.70 bits per heavy atom. The summed E-state index contributed by atoms with van der Waals surface area (Å²) in [6.07, 6.45) is 2.23. The van der Waals surface area contributed by atoms with Crippen molar-refractivity contribution in [2.75, 3.05) is 20.2 Å². The zero-order valence-electron chi connectivity index (χ0n) is 19.5. The molecule has 0 bridgehead atoms. The maximum atomic E-state index is 12.1. The molecular weight excluding hydrogens is 416 g/mol. The number of benzene rings is 2. The number of likely N-dealkylation sites (tertiary alicyclic amines) is 1. The molecule has 1 aliphatic heterocycles. The standard InChI is InChI=1S/C26H32N4O3/c1-17(2)33-22-8-4-6-18(14-22)15-30-13-5-7-20(16-30)26-28-23(24(29-26)25(27)31)19-9-11-21(32-3)12-10-19/h4,6,8-12,14,17,20H,5,7,13,15-16H2,1-3H3,(H2,27,31)(H,28,29)/t20-/m1/s1. The number of primary amides is 1. The van der Waals surface area contributed by atoms with Crippen molar-refractivity contribution in [3.05, 3.63) is 65.6 Å². The van der Waals surface area contributed by atoms with Crippen LogP contribution in [0.4, 0.5) is 0 Å². The number of methoxy groups -OCH3 is 1. The van der Waals surface area contributed by atoms with Crippen LogP contribution in [-0.2, 0) is 6.54 Å². The summed E-state index contributed by atoms with van der Waals surface area (Å²) in [7, 11) is 1.62. The van der Waals surface area contributed by atoms with Crippen LogP contribution < -0.4 is 15.2 Å². The van der Waals surface area contributed by atoms with Crippen molar-refractivity contribution in [2.24, 2.45) is 5.73 Å². The van der Waals surface area contributed by atoms with E-state index in [4.69, 9.17) is 20.2 Å². The highest BCUT2D eigenvalue weighted by Gasteiger charge is 2.26. The van der Waals surface area contributed by atoms with Gasteiger partial charge in [-0.3, -0.25) is 9.69 Å². The van der Waals surface area contributed by atoms with E-state index in [-0.39, 0.29) is 12.0 Å². The van der Waals surface area contributed by atoms with Crippen LogP contribution in [0.25, 0.3) is 11.3 Å². The minimum atomic E-state index is -0.505. The van der Waals surface area contributed by atoms with Crippen molar-refractivity contribution in [3.8, 4) is 22.8 Å². The largest absolute Gasteiger partial charge is 0.497 e. The Labute approximate surface area is 194 Å². The molecule has 0 aliphatic carbocycles. The number of aromatic amines is 1. The van der Waals surface area contributed by atoms with Crippen LogP contribution in [-0.4, -0.2) is 47.1 Å². The molecule has 1 fully saturated rings. The molecule has 2 heterocycles. The molecule has 0 spiro atoms. The normalized spacial score (nSPS) is 16.7. The quantitative estimate of drug-likeness (QED) is 0.534. The van der Waals surface area contributed by atoms with Crippen LogP contribution in [0.2, 0.25) is 0 Å². The second kappa shape index (κ2) is 10.1. The Hall–Kier alpha value is -3.32. The molecule has 1 saturated heterocycles. The molecule has 1 aromatic heterocycles. The highest BCUT2D eigenvalue weighted by molar-refractivity contribution is 5.97. The molecule has 4 rings (SSSR count). The van der Waals surface area contributed by atoms with Gasteiger partial charge in [0.05, 0.1) is 13.2 Å². The third-order valence-electron chi connectivity index (χ3n) is 5.90. The average Bonchev–Trinajstić information content (AvgIpc) is 3.25. The number of nitrogens with zero attached hydrogens (tertiary/aromatic N) is 2. The lowest BCUT2D eigenvalue weighted by Gasteiger charge is -2.32. The maximum absolute atomic E-state index is 12.1. The third-order valence-corrected chi connectivity index (χ3v) is 5.90. The number of imidazole rings is 1. The fraction of sp³-hybridized carbons (Fsp3) is 0.385. The van der Waals surface area contributed by atoms with Crippen molar-refractivity contribution in [1.82, 2.24) is 14.9 Å². The van der Waals surface area contributed by atoms with Gasteiger partial charge in [-0.2, -0.15) is 0 Å². The number of amides is 1. The number of hydrogen-bond donors (Lipinski definition) is 2. The molecule has 33 heavy (non-hydrogen) atoms. The molecule has 174 valence electrons. The van der Waals surface area contributed by atoms with Gasteiger partial charge in [0, 0.05) is 24.6 Å². The van der Waals surface area contributed by atoms with Gasteiger partial charge in [0.25, 0.3) is 5.91 Å². The summed E-state index contributed by atoms with van der Waals surface area (Å²) in [5, 5.41) is 0. The van der Waals surface area contributed by atoms with Gasteiger partial charge in [-0.25, -0.2) is 4.98 Å². The first-order valence-electron chi connectivity index (χ1n) is 11.4. The maximum Gasteiger partial charge on any atom is 0.267 e. The number of H-pyrrole nitrogens is 1. The summed E-state index contributed by atoms with van der Waals surface area (Å²) >= 11 is 0. The Balaban J connectivity index is 1.51. The topological polar surface area (TPSA) is 93.5 Å². The van der Waals surface area contributed by atoms with Crippen LogP contribution in [0.5, 0.6) is 11.5 Å². The molecule has 7 heteroatoms. The number of carbonyl (C=O) groups is 1. The summed E-state index contributed by atoms with van der Waals surface area (Å²) in [6, 6.07) is 15.8. The number of nitrogens with one attached hydrogen (secondary N) is 1. The van der Waals surface area contributed by atoms with Gasteiger partial charge in [0.2, 0.25) is 0 Å². The summed E-state index contributed by atoms with van der Waals surface area (Å²) in [4.78, 5) is 22.6. The number of ether oxygens (including phenoxy) is 2. The lowest BCUT2D eigenvalue weighted by atomic mass is 9.97. The lowest BCUT2D eigenvalue weighted by Crippen LogP contribution is -2.34. The van der Waals surface area contributed by atoms with E-state index in [1.165, 1.54) is 5.56 Å². The average molecular weight is 449 g/mol. The first kappa shape index (κ1) is 22.9. The molecule has 7 nitrogen and oxygen atoms in total. The zero-order valence-corrected chi connectivity index (χ0v) is 19.5. The van der Waals surface area contributed by atoms with E-state index in [0.29, 0.717) is 11.4 Å². The van der Waals surface area contributed by atoms with Gasteiger partial charge in [-0.1, -0.05) is 12.1 Å². The van der Waals surface area contributed by atoms with Gasteiger partial charge in [0.15, 0.2) is 0 Å². The summed E-state index contributed by atoms with van der Waals surface area (Å²) < 4.78 is 11.1. The monoisotopic (exact) mass is 448 g/mol. The van der Waals surface area contributed by atoms with E-state index in [0.717, 1.165) is 55.4 Å². The Morgan fingerprint density at radius 2 is 2.00 bits per heavy atom.